The third-order valence-corrected chi connectivity index (χ3v) is 3.40. The van der Waals surface area contributed by atoms with Crippen LogP contribution in [0.25, 0.3) is 11.5 Å². The zero-order chi connectivity index (χ0) is 12.4. The van der Waals surface area contributed by atoms with Gasteiger partial charge in [0.25, 0.3) is 0 Å². The first-order chi connectivity index (χ1) is 8.81. The number of nitrogens with zero attached hydrogens (tertiary/aromatic N) is 2. The lowest BCUT2D eigenvalue weighted by atomic mass is 10.1. The van der Waals surface area contributed by atoms with Crippen molar-refractivity contribution < 1.29 is 4.42 Å². The molecule has 18 heavy (non-hydrogen) atoms. The summed E-state index contributed by atoms with van der Waals surface area (Å²) in [5.41, 5.74) is 0.866. The van der Waals surface area contributed by atoms with Crippen LogP contribution in [0.5, 0.6) is 0 Å². The Labute approximate surface area is 110 Å². The molecule has 1 aromatic carbocycles. The molecule has 0 spiro atoms. The summed E-state index contributed by atoms with van der Waals surface area (Å²) < 4.78 is 5.68. The molecule has 1 saturated heterocycles. The second kappa shape index (κ2) is 5.08. The quantitative estimate of drug-likeness (QED) is 0.925. The highest BCUT2D eigenvalue weighted by molar-refractivity contribution is 6.30. The van der Waals surface area contributed by atoms with Crippen molar-refractivity contribution in [3.8, 4) is 11.5 Å². The van der Waals surface area contributed by atoms with Crippen LogP contribution >= 0.6 is 11.6 Å². The van der Waals surface area contributed by atoms with E-state index in [9.17, 15) is 0 Å². The van der Waals surface area contributed by atoms with Gasteiger partial charge in [0, 0.05) is 17.0 Å². The van der Waals surface area contributed by atoms with Crippen molar-refractivity contribution in [2.24, 2.45) is 5.92 Å². The van der Waals surface area contributed by atoms with E-state index in [1.54, 1.807) is 0 Å². The second-order valence-electron chi connectivity index (χ2n) is 4.57. The van der Waals surface area contributed by atoms with Crippen LogP contribution in [-0.4, -0.2) is 23.3 Å². The Bertz CT molecular complexity index is 535. The largest absolute Gasteiger partial charge is 0.421 e. The molecule has 0 saturated carbocycles. The van der Waals surface area contributed by atoms with Crippen molar-refractivity contribution in [1.82, 2.24) is 15.5 Å². The molecule has 2 aromatic rings. The molecular formula is C13H14ClN3O. The first-order valence-corrected chi connectivity index (χ1v) is 6.48. The molecule has 1 aliphatic rings. The van der Waals surface area contributed by atoms with Gasteiger partial charge in [-0.15, -0.1) is 10.2 Å². The normalized spacial score (nSPS) is 19.3. The minimum Gasteiger partial charge on any atom is -0.421 e. The molecule has 1 atom stereocenters. The van der Waals surface area contributed by atoms with E-state index in [0.29, 0.717) is 22.7 Å². The average Bonchev–Trinajstić information content (AvgIpc) is 3.01. The van der Waals surface area contributed by atoms with Gasteiger partial charge in [-0.2, -0.15) is 0 Å². The highest BCUT2D eigenvalue weighted by Gasteiger charge is 2.18. The van der Waals surface area contributed by atoms with E-state index in [4.69, 9.17) is 16.0 Å². The molecular weight excluding hydrogens is 250 g/mol. The third-order valence-electron chi connectivity index (χ3n) is 3.16. The summed E-state index contributed by atoms with van der Waals surface area (Å²) in [7, 11) is 0. The van der Waals surface area contributed by atoms with Crippen molar-refractivity contribution in [1.29, 1.82) is 0 Å². The van der Waals surface area contributed by atoms with Crippen LogP contribution in [0, 0.1) is 5.92 Å². The van der Waals surface area contributed by atoms with Gasteiger partial charge in [-0.05, 0) is 43.6 Å². The van der Waals surface area contributed by atoms with Gasteiger partial charge in [-0.1, -0.05) is 17.7 Å². The molecule has 1 unspecified atom stereocenters. The van der Waals surface area contributed by atoms with E-state index in [1.807, 2.05) is 24.3 Å². The summed E-state index contributed by atoms with van der Waals surface area (Å²) in [6, 6.07) is 7.45. The highest BCUT2D eigenvalue weighted by Crippen LogP contribution is 2.22. The van der Waals surface area contributed by atoms with Gasteiger partial charge in [-0.3, -0.25) is 0 Å². The second-order valence-corrected chi connectivity index (χ2v) is 5.01. The molecule has 1 aliphatic heterocycles. The first kappa shape index (κ1) is 11.7. The number of nitrogens with one attached hydrogen (secondary N) is 1. The van der Waals surface area contributed by atoms with Gasteiger partial charge in [0.1, 0.15) is 0 Å². The summed E-state index contributed by atoms with van der Waals surface area (Å²) >= 11 is 5.94. The van der Waals surface area contributed by atoms with Crippen LogP contribution in [0.15, 0.2) is 28.7 Å². The van der Waals surface area contributed by atoms with Crippen LogP contribution in [0.2, 0.25) is 5.02 Å². The lowest BCUT2D eigenvalue weighted by Gasteiger charge is -2.02. The first-order valence-electron chi connectivity index (χ1n) is 6.10. The van der Waals surface area contributed by atoms with Crippen LogP contribution in [0.1, 0.15) is 12.3 Å². The van der Waals surface area contributed by atoms with Gasteiger partial charge in [0.05, 0.1) is 0 Å². The Kier molecular flexibility index (Phi) is 3.30. The molecule has 0 amide bonds. The molecule has 0 radical (unpaired) electrons. The number of hydrogen-bond acceptors (Lipinski definition) is 4. The van der Waals surface area contributed by atoms with Gasteiger partial charge < -0.3 is 9.73 Å². The Hall–Kier alpha value is -1.39. The number of halogens is 1. The molecule has 0 bridgehead atoms. The summed E-state index contributed by atoms with van der Waals surface area (Å²) in [5.74, 6) is 1.86. The van der Waals surface area contributed by atoms with Crippen molar-refractivity contribution in [2.75, 3.05) is 13.1 Å². The highest BCUT2D eigenvalue weighted by atomic mass is 35.5. The third kappa shape index (κ3) is 2.54. The molecule has 3 rings (SSSR count). The predicted octanol–water partition coefficient (Wildman–Crippen LogP) is 2.54. The van der Waals surface area contributed by atoms with E-state index in [2.05, 4.69) is 15.5 Å². The van der Waals surface area contributed by atoms with Gasteiger partial charge >= 0.3 is 0 Å². The Morgan fingerprint density at radius 3 is 3.11 bits per heavy atom. The van der Waals surface area contributed by atoms with E-state index in [0.717, 1.165) is 25.1 Å². The monoisotopic (exact) mass is 263 g/mol. The SMILES string of the molecule is Clc1cccc(-c2nnc(CC3CCNC3)o2)c1. The van der Waals surface area contributed by atoms with Crippen LogP contribution in [0.3, 0.4) is 0 Å². The van der Waals surface area contributed by atoms with E-state index < -0.39 is 0 Å². The van der Waals surface area contributed by atoms with E-state index in [1.165, 1.54) is 6.42 Å². The van der Waals surface area contributed by atoms with Gasteiger partial charge in [0.2, 0.25) is 11.8 Å². The summed E-state index contributed by atoms with van der Waals surface area (Å²) in [6.45, 7) is 2.12. The number of aromatic nitrogens is 2. The lowest BCUT2D eigenvalue weighted by molar-refractivity contribution is 0.450. The van der Waals surface area contributed by atoms with E-state index >= 15 is 0 Å². The molecule has 2 heterocycles. The van der Waals surface area contributed by atoms with Crippen molar-refractivity contribution in [2.45, 2.75) is 12.8 Å². The summed E-state index contributed by atoms with van der Waals surface area (Å²) in [4.78, 5) is 0. The molecule has 1 fully saturated rings. The number of benzene rings is 1. The standard InChI is InChI=1S/C13H14ClN3O/c14-11-3-1-2-10(7-11)13-17-16-12(18-13)6-9-4-5-15-8-9/h1-3,7,9,15H,4-6,8H2. The summed E-state index contributed by atoms with van der Waals surface area (Å²) in [5, 5.41) is 12.2. The van der Waals surface area contributed by atoms with Gasteiger partial charge in [0.15, 0.2) is 0 Å². The molecule has 0 aliphatic carbocycles. The fourth-order valence-electron chi connectivity index (χ4n) is 2.21. The molecule has 94 valence electrons. The predicted molar refractivity (Wildman–Crippen MR) is 69.4 cm³/mol. The van der Waals surface area contributed by atoms with Crippen molar-refractivity contribution >= 4 is 11.6 Å². The maximum atomic E-state index is 5.94. The minimum absolute atomic E-state index is 0.540. The maximum absolute atomic E-state index is 5.94. The molecule has 4 nitrogen and oxygen atoms in total. The van der Waals surface area contributed by atoms with E-state index in [-0.39, 0.29) is 0 Å². The summed E-state index contributed by atoms with van der Waals surface area (Å²) in [6.07, 6.45) is 2.02. The minimum atomic E-state index is 0.540. The Morgan fingerprint density at radius 2 is 2.33 bits per heavy atom. The molecule has 5 heteroatoms. The fourth-order valence-corrected chi connectivity index (χ4v) is 2.40. The zero-order valence-corrected chi connectivity index (χ0v) is 10.7. The molecule has 1 aromatic heterocycles. The van der Waals surface area contributed by atoms with Crippen LogP contribution < -0.4 is 5.32 Å². The van der Waals surface area contributed by atoms with Crippen LogP contribution in [-0.2, 0) is 6.42 Å². The Morgan fingerprint density at radius 1 is 1.39 bits per heavy atom. The van der Waals surface area contributed by atoms with Crippen molar-refractivity contribution in [3.05, 3.63) is 35.2 Å². The smallest absolute Gasteiger partial charge is 0.247 e. The fraction of sp³-hybridized carbons (Fsp3) is 0.385. The van der Waals surface area contributed by atoms with Crippen molar-refractivity contribution in [3.63, 3.8) is 0 Å². The lowest BCUT2D eigenvalue weighted by Crippen LogP contribution is -2.10. The number of hydrogen-bond donors (Lipinski definition) is 1. The molecule has 1 N–H and O–H groups in total. The average molecular weight is 264 g/mol. The van der Waals surface area contributed by atoms with Crippen LogP contribution in [0.4, 0.5) is 0 Å². The van der Waals surface area contributed by atoms with Gasteiger partial charge in [-0.25, -0.2) is 0 Å². The Balaban J connectivity index is 1.76. The maximum Gasteiger partial charge on any atom is 0.247 e. The zero-order valence-electron chi connectivity index (χ0n) is 9.90. The number of rotatable bonds is 3. The topological polar surface area (TPSA) is 51.0 Å².